The van der Waals surface area contributed by atoms with E-state index in [1.54, 1.807) is 10.4 Å². The van der Waals surface area contributed by atoms with Crippen LogP contribution in [0, 0.1) is 0 Å². The molecular weight excluding hydrogens is 282 g/mol. The van der Waals surface area contributed by atoms with Gasteiger partial charge in [0.25, 0.3) is 10.0 Å². The predicted molar refractivity (Wildman–Crippen MR) is 77.7 cm³/mol. The summed E-state index contributed by atoms with van der Waals surface area (Å²) in [4.78, 5) is 2.19. The molecule has 0 radical (unpaired) electrons. The maximum Gasteiger partial charge on any atom is 0.252 e. The Bertz CT molecular complexity index is 551. The predicted octanol–water partition coefficient (Wildman–Crippen LogP) is 0.921. The number of rotatable bonds is 3. The monoisotopic (exact) mass is 303 g/mol. The summed E-state index contributed by atoms with van der Waals surface area (Å²) in [6, 6.07) is 1.69. The molecular formula is C12H21N3O2S2. The Morgan fingerprint density at radius 2 is 2.11 bits per heavy atom. The van der Waals surface area contributed by atoms with Gasteiger partial charge in [-0.2, -0.15) is 4.31 Å². The molecule has 1 saturated heterocycles. The Balaban J connectivity index is 2.25. The first-order valence-corrected chi connectivity index (χ1v) is 8.58. The molecule has 0 amide bonds. The third-order valence-corrected chi connectivity index (χ3v) is 7.05. The lowest BCUT2D eigenvalue weighted by atomic mass is 10.0. The SMILES string of the molecule is CN1CCN(S(=O)(=O)c2cc(CN)cs2)CC1(C)C. The molecule has 19 heavy (non-hydrogen) atoms. The molecule has 0 spiro atoms. The fourth-order valence-electron chi connectivity index (χ4n) is 2.12. The van der Waals surface area contributed by atoms with Crippen molar-refractivity contribution in [3.05, 3.63) is 17.0 Å². The molecule has 1 fully saturated rings. The number of sulfonamides is 1. The normalized spacial score (nSPS) is 21.7. The fourth-order valence-corrected chi connectivity index (χ4v) is 5.08. The molecule has 0 atom stereocenters. The summed E-state index contributed by atoms with van der Waals surface area (Å²) in [5.41, 5.74) is 6.27. The van der Waals surface area contributed by atoms with Crippen LogP contribution in [0.15, 0.2) is 15.7 Å². The van der Waals surface area contributed by atoms with Gasteiger partial charge >= 0.3 is 0 Å². The molecule has 0 unspecified atom stereocenters. The van der Waals surface area contributed by atoms with E-state index < -0.39 is 10.0 Å². The maximum atomic E-state index is 12.6. The minimum atomic E-state index is -3.38. The molecule has 7 heteroatoms. The van der Waals surface area contributed by atoms with Crippen molar-refractivity contribution < 1.29 is 8.42 Å². The second kappa shape index (κ2) is 5.14. The van der Waals surface area contributed by atoms with E-state index in [4.69, 9.17) is 5.73 Å². The summed E-state index contributed by atoms with van der Waals surface area (Å²) in [7, 11) is -1.35. The minimum absolute atomic E-state index is 0.140. The van der Waals surface area contributed by atoms with E-state index in [2.05, 4.69) is 18.7 Å². The molecule has 2 heterocycles. The van der Waals surface area contributed by atoms with Crippen LogP contribution in [0.4, 0.5) is 0 Å². The van der Waals surface area contributed by atoms with Crippen molar-refractivity contribution in [2.75, 3.05) is 26.7 Å². The van der Waals surface area contributed by atoms with Crippen LogP contribution >= 0.6 is 11.3 Å². The second-order valence-electron chi connectivity index (χ2n) is 5.55. The van der Waals surface area contributed by atoms with Crippen molar-refractivity contribution in [3.8, 4) is 0 Å². The van der Waals surface area contributed by atoms with Gasteiger partial charge in [0, 0.05) is 31.7 Å². The number of thiophene rings is 1. The van der Waals surface area contributed by atoms with Gasteiger partial charge < -0.3 is 5.73 Å². The Kier molecular flexibility index (Phi) is 4.04. The number of piperazine rings is 1. The van der Waals surface area contributed by atoms with Crippen LogP contribution in [-0.2, 0) is 16.6 Å². The van der Waals surface area contributed by atoms with E-state index >= 15 is 0 Å². The largest absolute Gasteiger partial charge is 0.326 e. The van der Waals surface area contributed by atoms with Gasteiger partial charge in [0.05, 0.1) is 0 Å². The van der Waals surface area contributed by atoms with Crippen LogP contribution in [-0.4, -0.2) is 49.8 Å². The zero-order valence-corrected chi connectivity index (χ0v) is 13.2. The maximum absolute atomic E-state index is 12.6. The first-order valence-electron chi connectivity index (χ1n) is 6.26. The lowest BCUT2D eigenvalue weighted by Crippen LogP contribution is -2.58. The van der Waals surface area contributed by atoms with Crippen LogP contribution in [0.2, 0.25) is 0 Å². The van der Waals surface area contributed by atoms with E-state index in [0.717, 1.165) is 12.1 Å². The van der Waals surface area contributed by atoms with Crippen molar-refractivity contribution in [1.29, 1.82) is 0 Å². The zero-order valence-electron chi connectivity index (χ0n) is 11.6. The van der Waals surface area contributed by atoms with Crippen LogP contribution < -0.4 is 5.73 Å². The molecule has 1 aromatic heterocycles. The number of hydrogen-bond donors (Lipinski definition) is 1. The Hall–Kier alpha value is -0.470. The van der Waals surface area contributed by atoms with Gasteiger partial charge in [-0.3, -0.25) is 4.90 Å². The number of nitrogens with two attached hydrogens (primary N) is 1. The smallest absolute Gasteiger partial charge is 0.252 e. The summed E-state index contributed by atoms with van der Waals surface area (Å²) in [5.74, 6) is 0. The summed E-state index contributed by atoms with van der Waals surface area (Å²) >= 11 is 1.25. The highest BCUT2D eigenvalue weighted by Crippen LogP contribution is 2.28. The Morgan fingerprint density at radius 3 is 2.63 bits per heavy atom. The molecule has 1 aliphatic rings. The first kappa shape index (κ1) is 14.9. The second-order valence-corrected chi connectivity index (χ2v) is 8.63. The summed E-state index contributed by atoms with van der Waals surface area (Å²) in [5, 5.41) is 1.81. The quantitative estimate of drug-likeness (QED) is 0.902. The molecule has 5 nitrogen and oxygen atoms in total. The third-order valence-electron chi connectivity index (χ3n) is 3.74. The van der Waals surface area contributed by atoms with Crippen molar-refractivity contribution in [3.63, 3.8) is 0 Å². The highest BCUT2D eigenvalue weighted by Gasteiger charge is 2.37. The first-order chi connectivity index (χ1) is 8.77. The fraction of sp³-hybridized carbons (Fsp3) is 0.667. The molecule has 0 bridgehead atoms. The Labute approximate surface area is 119 Å². The van der Waals surface area contributed by atoms with Crippen molar-refractivity contribution >= 4 is 21.4 Å². The third kappa shape index (κ3) is 2.85. The van der Waals surface area contributed by atoms with Crippen molar-refractivity contribution in [2.45, 2.75) is 30.1 Å². The molecule has 1 aliphatic heterocycles. The standard InChI is InChI=1S/C12H21N3O2S2/c1-12(2)9-15(5-4-14(12)3)19(16,17)11-6-10(7-13)8-18-11/h6,8H,4-5,7,9,13H2,1-3H3. The summed E-state index contributed by atoms with van der Waals surface area (Å²) in [6.45, 7) is 6.31. The summed E-state index contributed by atoms with van der Waals surface area (Å²) in [6.07, 6.45) is 0. The zero-order chi connectivity index (χ0) is 14.3. The van der Waals surface area contributed by atoms with Crippen LogP contribution in [0.3, 0.4) is 0 Å². The molecule has 108 valence electrons. The van der Waals surface area contributed by atoms with E-state index in [-0.39, 0.29) is 5.54 Å². The van der Waals surface area contributed by atoms with Crippen molar-refractivity contribution in [2.24, 2.45) is 5.73 Å². The molecule has 2 rings (SSSR count). The van der Waals surface area contributed by atoms with Gasteiger partial charge in [-0.1, -0.05) is 0 Å². The van der Waals surface area contributed by atoms with Crippen LogP contribution in [0.25, 0.3) is 0 Å². The van der Waals surface area contributed by atoms with Gasteiger partial charge in [0.2, 0.25) is 0 Å². The Morgan fingerprint density at radius 1 is 1.42 bits per heavy atom. The molecule has 1 aromatic rings. The number of nitrogens with zero attached hydrogens (tertiary/aromatic N) is 2. The molecule has 2 N–H and O–H groups in total. The van der Waals surface area contributed by atoms with Gasteiger partial charge in [-0.25, -0.2) is 8.42 Å². The average Bonchev–Trinajstić information content (AvgIpc) is 2.81. The lowest BCUT2D eigenvalue weighted by Gasteiger charge is -2.44. The van der Waals surface area contributed by atoms with Crippen LogP contribution in [0.1, 0.15) is 19.4 Å². The molecule has 0 aromatic carbocycles. The van der Waals surface area contributed by atoms with Crippen LogP contribution in [0.5, 0.6) is 0 Å². The van der Waals surface area contributed by atoms with E-state index in [9.17, 15) is 8.42 Å². The van der Waals surface area contributed by atoms with Crippen molar-refractivity contribution in [1.82, 2.24) is 9.21 Å². The lowest BCUT2D eigenvalue weighted by molar-refractivity contribution is 0.0802. The van der Waals surface area contributed by atoms with Gasteiger partial charge in [0.1, 0.15) is 4.21 Å². The van der Waals surface area contributed by atoms with E-state index in [0.29, 0.717) is 23.8 Å². The van der Waals surface area contributed by atoms with E-state index in [1.165, 1.54) is 11.3 Å². The minimum Gasteiger partial charge on any atom is -0.326 e. The molecule has 0 saturated carbocycles. The van der Waals surface area contributed by atoms with E-state index in [1.807, 2.05) is 12.4 Å². The summed E-state index contributed by atoms with van der Waals surface area (Å²) < 4.78 is 27.2. The topological polar surface area (TPSA) is 66.6 Å². The highest BCUT2D eigenvalue weighted by molar-refractivity contribution is 7.91. The molecule has 0 aliphatic carbocycles. The highest BCUT2D eigenvalue weighted by atomic mass is 32.2. The number of likely N-dealkylation sites (N-methyl/N-ethyl adjacent to an activating group) is 1. The van der Waals surface area contributed by atoms with Gasteiger partial charge in [0.15, 0.2) is 0 Å². The van der Waals surface area contributed by atoms with Gasteiger partial charge in [-0.05, 0) is 37.9 Å². The van der Waals surface area contributed by atoms with Gasteiger partial charge in [-0.15, -0.1) is 11.3 Å². The average molecular weight is 303 g/mol. The number of hydrogen-bond acceptors (Lipinski definition) is 5.